The molecule has 4 rings (SSSR count). The normalized spacial score (nSPS) is 12.7. The van der Waals surface area contributed by atoms with Gasteiger partial charge in [0.15, 0.2) is 11.3 Å². The van der Waals surface area contributed by atoms with Gasteiger partial charge in [-0.15, -0.1) is 0 Å². The lowest BCUT2D eigenvalue weighted by Gasteiger charge is -2.22. The van der Waals surface area contributed by atoms with Crippen LogP contribution in [0.25, 0.3) is 5.65 Å². The summed E-state index contributed by atoms with van der Waals surface area (Å²) in [4.78, 5) is 21.3. The van der Waals surface area contributed by atoms with Gasteiger partial charge < -0.3 is 5.32 Å². The molecule has 0 saturated carbocycles. The number of halogens is 4. The van der Waals surface area contributed by atoms with E-state index >= 15 is 0 Å². The van der Waals surface area contributed by atoms with Crippen molar-refractivity contribution in [2.45, 2.75) is 32.7 Å². The number of carbonyl (C=O) groups excluding carboxylic acids is 1. The number of carbonyl (C=O) groups is 1. The molecule has 0 fully saturated rings. The van der Waals surface area contributed by atoms with E-state index in [0.717, 1.165) is 17.5 Å². The molecule has 1 amide bonds. The highest BCUT2D eigenvalue weighted by Crippen LogP contribution is 2.35. The number of aryl methyl sites for hydroxylation is 2. The molecule has 33 heavy (non-hydrogen) atoms. The fourth-order valence-electron chi connectivity index (χ4n) is 3.60. The highest BCUT2D eigenvalue weighted by atomic mass is 19.4. The van der Waals surface area contributed by atoms with Crippen LogP contribution in [-0.2, 0) is 12.9 Å². The Bertz CT molecular complexity index is 1310. The lowest BCUT2D eigenvalue weighted by atomic mass is 9.97. The highest BCUT2D eigenvalue weighted by molar-refractivity contribution is 5.93. The molecular weight excluding hydrogens is 438 g/mol. The molecule has 10 heteroatoms. The maximum Gasteiger partial charge on any atom is 0.418 e. The summed E-state index contributed by atoms with van der Waals surface area (Å²) < 4.78 is 55.5. The van der Waals surface area contributed by atoms with Gasteiger partial charge in [0.2, 0.25) is 0 Å². The second-order valence-electron chi connectivity index (χ2n) is 7.55. The molecule has 3 heterocycles. The molecule has 6 nitrogen and oxygen atoms in total. The Morgan fingerprint density at radius 2 is 1.85 bits per heavy atom. The van der Waals surface area contributed by atoms with Crippen LogP contribution in [0.2, 0.25) is 0 Å². The smallest absolute Gasteiger partial charge is 0.338 e. The van der Waals surface area contributed by atoms with E-state index < -0.39 is 30.4 Å². The van der Waals surface area contributed by atoms with Crippen LogP contribution in [0.4, 0.5) is 17.6 Å². The van der Waals surface area contributed by atoms with E-state index in [1.165, 1.54) is 47.1 Å². The third-order valence-electron chi connectivity index (χ3n) is 5.13. The van der Waals surface area contributed by atoms with Gasteiger partial charge in [0.1, 0.15) is 6.67 Å². The lowest BCUT2D eigenvalue weighted by molar-refractivity contribution is -0.138. The number of hydrogen-bond acceptors (Lipinski definition) is 4. The molecule has 0 aliphatic carbocycles. The molecule has 0 unspecified atom stereocenters. The van der Waals surface area contributed by atoms with Crippen molar-refractivity contribution in [2.75, 3.05) is 0 Å². The Hall–Kier alpha value is -3.82. The number of amides is 1. The Kier molecular flexibility index (Phi) is 5.84. The van der Waals surface area contributed by atoms with Crippen LogP contribution in [0.15, 0.2) is 54.7 Å². The zero-order valence-electron chi connectivity index (χ0n) is 17.7. The number of hydrogen-bond donors (Lipinski definition) is 1. The Morgan fingerprint density at radius 1 is 1.12 bits per heavy atom. The lowest BCUT2D eigenvalue weighted by Crippen LogP contribution is -2.32. The summed E-state index contributed by atoms with van der Waals surface area (Å²) in [6.07, 6.45) is -3.46. The molecule has 0 radical (unpaired) electrons. The summed E-state index contributed by atoms with van der Waals surface area (Å²) in [5.74, 6) is -0.698. The summed E-state index contributed by atoms with van der Waals surface area (Å²) in [7, 11) is 0. The van der Waals surface area contributed by atoms with Gasteiger partial charge in [0.05, 0.1) is 17.3 Å². The minimum Gasteiger partial charge on any atom is -0.338 e. The molecule has 170 valence electrons. The fourth-order valence-corrected chi connectivity index (χ4v) is 3.60. The fraction of sp³-hybridized carbons (Fsp3) is 0.217. The first-order chi connectivity index (χ1) is 15.7. The number of alkyl halides is 4. The summed E-state index contributed by atoms with van der Waals surface area (Å²) in [6, 6.07) is 9.92. The molecular formula is C23H19F4N5O. The summed E-state index contributed by atoms with van der Waals surface area (Å²) >= 11 is 0. The van der Waals surface area contributed by atoms with E-state index in [0.29, 0.717) is 16.8 Å². The molecule has 4 aromatic rings. The number of fused-ring (bicyclic) bond motifs is 1. The molecule has 0 aliphatic rings. The first-order valence-corrected chi connectivity index (χ1v) is 9.99. The zero-order valence-corrected chi connectivity index (χ0v) is 17.7. The summed E-state index contributed by atoms with van der Waals surface area (Å²) in [5.41, 5.74) is 1.24. The van der Waals surface area contributed by atoms with Gasteiger partial charge in [-0.05, 0) is 43.2 Å². The van der Waals surface area contributed by atoms with Crippen LogP contribution in [0.5, 0.6) is 0 Å². The molecule has 3 aromatic heterocycles. The number of nitrogens with one attached hydrogen (secondary N) is 1. The molecule has 1 aromatic carbocycles. The molecule has 0 saturated heterocycles. The van der Waals surface area contributed by atoms with Crippen molar-refractivity contribution in [1.29, 1.82) is 0 Å². The van der Waals surface area contributed by atoms with E-state index in [4.69, 9.17) is 0 Å². The first kappa shape index (κ1) is 22.4. The third kappa shape index (κ3) is 4.55. The predicted octanol–water partition coefficient (Wildman–Crippen LogP) is 4.75. The maximum atomic E-state index is 13.7. The average molecular weight is 457 g/mol. The van der Waals surface area contributed by atoms with Crippen molar-refractivity contribution >= 4 is 11.6 Å². The van der Waals surface area contributed by atoms with E-state index in [1.54, 1.807) is 19.9 Å². The van der Waals surface area contributed by atoms with E-state index in [1.807, 2.05) is 0 Å². The predicted molar refractivity (Wildman–Crippen MR) is 112 cm³/mol. The van der Waals surface area contributed by atoms with Crippen LogP contribution in [0.1, 0.15) is 50.3 Å². The Labute approximate surface area is 186 Å². The van der Waals surface area contributed by atoms with Crippen LogP contribution in [-0.4, -0.2) is 25.5 Å². The molecule has 0 bridgehead atoms. The standard InChI is InChI=1S/C23H19F4N5O/c1-13-10-14(2)32-19(29-13)11-18(31-32)22(33)30-20(16-7-5-15(12-24)6-8-16)21-17(23(25,26)27)4-3-9-28-21/h3-11,20H,12H2,1-2H3,(H,30,33)/t20-/m0/s1. The minimum atomic E-state index is -4.69. The van der Waals surface area contributed by atoms with Gasteiger partial charge in [0, 0.05) is 23.7 Å². The van der Waals surface area contributed by atoms with Gasteiger partial charge in [-0.25, -0.2) is 13.9 Å². The average Bonchev–Trinajstić information content (AvgIpc) is 3.21. The van der Waals surface area contributed by atoms with Gasteiger partial charge >= 0.3 is 6.18 Å². The van der Waals surface area contributed by atoms with E-state index in [2.05, 4.69) is 20.4 Å². The van der Waals surface area contributed by atoms with Crippen LogP contribution >= 0.6 is 0 Å². The monoisotopic (exact) mass is 457 g/mol. The zero-order chi connectivity index (χ0) is 23.8. The topological polar surface area (TPSA) is 72.2 Å². The van der Waals surface area contributed by atoms with Crippen molar-refractivity contribution in [3.05, 3.63) is 94.2 Å². The number of rotatable bonds is 5. The van der Waals surface area contributed by atoms with Gasteiger partial charge in [-0.2, -0.15) is 18.3 Å². The molecule has 1 N–H and O–H groups in total. The SMILES string of the molecule is Cc1cc(C)n2nc(C(=O)N[C@@H](c3ccc(CF)cc3)c3ncccc3C(F)(F)F)cc2n1. The maximum absolute atomic E-state index is 13.7. The Balaban J connectivity index is 1.77. The quantitative estimate of drug-likeness (QED) is 0.439. The summed E-state index contributed by atoms with van der Waals surface area (Å²) in [5, 5.41) is 6.85. The number of pyridine rings is 1. The largest absolute Gasteiger partial charge is 0.418 e. The number of benzene rings is 1. The summed E-state index contributed by atoms with van der Waals surface area (Å²) in [6.45, 7) is 2.88. The van der Waals surface area contributed by atoms with Crippen LogP contribution < -0.4 is 5.32 Å². The number of nitrogens with zero attached hydrogens (tertiary/aromatic N) is 4. The molecule has 1 atom stereocenters. The van der Waals surface area contributed by atoms with Crippen LogP contribution in [0.3, 0.4) is 0 Å². The van der Waals surface area contributed by atoms with Gasteiger partial charge in [-0.3, -0.25) is 9.78 Å². The van der Waals surface area contributed by atoms with Crippen molar-refractivity contribution < 1.29 is 22.4 Å². The number of aromatic nitrogens is 4. The van der Waals surface area contributed by atoms with Crippen LogP contribution in [0, 0.1) is 13.8 Å². The highest BCUT2D eigenvalue weighted by Gasteiger charge is 2.37. The second-order valence-corrected chi connectivity index (χ2v) is 7.55. The van der Waals surface area contributed by atoms with Crippen molar-refractivity contribution in [3.8, 4) is 0 Å². The molecule has 0 aliphatic heterocycles. The Morgan fingerprint density at radius 3 is 2.52 bits per heavy atom. The van der Waals surface area contributed by atoms with Crippen molar-refractivity contribution in [1.82, 2.24) is 24.9 Å². The molecule has 0 spiro atoms. The van der Waals surface area contributed by atoms with E-state index in [-0.39, 0.29) is 11.4 Å². The van der Waals surface area contributed by atoms with Gasteiger partial charge in [-0.1, -0.05) is 24.3 Å². The van der Waals surface area contributed by atoms with E-state index in [9.17, 15) is 22.4 Å². The minimum absolute atomic E-state index is 0.00827. The second kappa shape index (κ2) is 8.61. The van der Waals surface area contributed by atoms with Crippen molar-refractivity contribution in [2.24, 2.45) is 0 Å². The van der Waals surface area contributed by atoms with Crippen molar-refractivity contribution in [3.63, 3.8) is 0 Å². The first-order valence-electron chi connectivity index (χ1n) is 9.99. The van der Waals surface area contributed by atoms with Gasteiger partial charge in [0.25, 0.3) is 5.91 Å². The third-order valence-corrected chi connectivity index (χ3v) is 5.13.